The van der Waals surface area contributed by atoms with Gasteiger partial charge in [0.15, 0.2) is 0 Å². The normalized spacial score (nSPS) is 11.1. The summed E-state index contributed by atoms with van der Waals surface area (Å²) in [7, 11) is 0.956. The van der Waals surface area contributed by atoms with Gasteiger partial charge in [-0.25, -0.2) is 13.2 Å². The van der Waals surface area contributed by atoms with Gasteiger partial charge in [-0.3, -0.25) is 10.1 Å². The zero-order valence-corrected chi connectivity index (χ0v) is 12.1. The molecule has 1 aromatic rings. The van der Waals surface area contributed by atoms with Gasteiger partial charge in [-0.1, -0.05) is 13.3 Å². The van der Waals surface area contributed by atoms with Crippen molar-refractivity contribution in [2.24, 2.45) is 0 Å². The maximum atomic E-state index is 11.7. The minimum atomic E-state index is -4.18. The third kappa shape index (κ3) is 4.46. The van der Waals surface area contributed by atoms with Crippen LogP contribution in [0.15, 0.2) is 23.1 Å². The molecule has 1 aromatic carbocycles. The van der Waals surface area contributed by atoms with Gasteiger partial charge in [-0.2, -0.15) is 0 Å². The first-order chi connectivity index (χ1) is 9.25. The molecule has 1 rings (SSSR count). The summed E-state index contributed by atoms with van der Waals surface area (Å²) in [6.45, 7) is 2.06. The van der Waals surface area contributed by atoms with Crippen LogP contribution >= 0.6 is 10.7 Å². The van der Waals surface area contributed by atoms with Gasteiger partial charge in [0.1, 0.15) is 0 Å². The van der Waals surface area contributed by atoms with Crippen molar-refractivity contribution in [3.63, 3.8) is 0 Å². The maximum Gasteiger partial charge on any atom is 0.338 e. The Hall–Kier alpha value is -1.67. The highest BCUT2D eigenvalue weighted by Crippen LogP contribution is 2.24. The molecule has 0 N–H and O–H groups in total. The monoisotopic (exact) mass is 321 g/mol. The molecular formula is C11H12ClNO6S. The lowest BCUT2D eigenvalue weighted by Gasteiger charge is -2.05. The maximum absolute atomic E-state index is 11.7. The average Bonchev–Trinajstić information content (AvgIpc) is 2.37. The standard InChI is InChI=1S/C11H12ClNO6S/c1-2-3-4-19-11(14)8-5-9(13(15)16)7-10(6-8)20(12,17)18/h5-7H,2-4H2,1H3. The Bertz CT molecular complexity index is 628. The third-order valence-corrected chi connectivity index (χ3v) is 3.68. The molecule has 0 atom stereocenters. The molecule has 20 heavy (non-hydrogen) atoms. The number of esters is 1. The van der Waals surface area contributed by atoms with E-state index in [2.05, 4.69) is 0 Å². The van der Waals surface area contributed by atoms with Crippen LogP contribution in [0.2, 0.25) is 0 Å². The molecule has 0 fully saturated rings. The van der Waals surface area contributed by atoms with E-state index in [1.54, 1.807) is 0 Å². The smallest absolute Gasteiger partial charge is 0.338 e. The Morgan fingerprint density at radius 3 is 2.55 bits per heavy atom. The Kier molecular flexibility index (Phi) is 5.46. The quantitative estimate of drug-likeness (QED) is 0.262. The molecule has 0 bridgehead atoms. The second kappa shape index (κ2) is 6.67. The first-order valence-corrected chi connectivity index (χ1v) is 7.98. The van der Waals surface area contributed by atoms with Gasteiger partial charge in [0, 0.05) is 22.8 Å². The number of rotatable bonds is 6. The van der Waals surface area contributed by atoms with Gasteiger partial charge in [0.25, 0.3) is 14.7 Å². The molecule has 0 aromatic heterocycles. The number of nitrogens with zero attached hydrogens (tertiary/aromatic N) is 1. The third-order valence-electron chi connectivity index (χ3n) is 2.35. The van der Waals surface area contributed by atoms with Gasteiger partial charge in [-0.15, -0.1) is 0 Å². The molecule has 0 saturated carbocycles. The zero-order chi connectivity index (χ0) is 15.3. The molecule has 0 radical (unpaired) electrons. The van der Waals surface area contributed by atoms with Crippen molar-refractivity contribution in [1.29, 1.82) is 0 Å². The molecule has 0 saturated heterocycles. The molecule has 0 unspecified atom stereocenters. The van der Waals surface area contributed by atoms with E-state index in [1.807, 2.05) is 6.92 Å². The van der Waals surface area contributed by atoms with E-state index >= 15 is 0 Å². The Morgan fingerprint density at radius 1 is 1.40 bits per heavy atom. The molecule has 0 heterocycles. The van der Waals surface area contributed by atoms with Crippen LogP contribution in [0.1, 0.15) is 30.1 Å². The van der Waals surface area contributed by atoms with E-state index in [4.69, 9.17) is 15.4 Å². The summed E-state index contributed by atoms with van der Waals surface area (Å²) >= 11 is 0. The van der Waals surface area contributed by atoms with Gasteiger partial charge in [0.05, 0.1) is 22.0 Å². The number of hydrogen-bond acceptors (Lipinski definition) is 6. The Morgan fingerprint density at radius 2 is 2.05 bits per heavy atom. The van der Waals surface area contributed by atoms with Crippen molar-refractivity contribution < 1.29 is 22.9 Å². The van der Waals surface area contributed by atoms with E-state index < -0.39 is 30.5 Å². The molecule has 110 valence electrons. The van der Waals surface area contributed by atoms with E-state index in [0.29, 0.717) is 6.42 Å². The molecular weight excluding hydrogens is 310 g/mol. The lowest BCUT2D eigenvalue weighted by Crippen LogP contribution is -2.08. The van der Waals surface area contributed by atoms with E-state index in [0.717, 1.165) is 24.6 Å². The predicted octanol–water partition coefficient (Wildman–Crippen LogP) is 2.48. The van der Waals surface area contributed by atoms with Gasteiger partial charge in [-0.05, 0) is 12.5 Å². The largest absolute Gasteiger partial charge is 0.462 e. The number of halogens is 1. The van der Waals surface area contributed by atoms with Crippen molar-refractivity contribution >= 4 is 31.4 Å². The first kappa shape index (κ1) is 16.4. The summed E-state index contributed by atoms with van der Waals surface area (Å²) in [4.78, 5) is 21.1. The van der Waals surface area contributed by atoms with Crippen LogP contribution in [0, 0.1) is 10.1 Å². The van der Waals surface area contributed by atoms with Gasteiger partial charge in [0.2, 0.25) is 0 Å². The number of carbonyl (C=O) groups is 1. The van der Waals surface area contributed by atoms with E-state index in [-0.39, 0.29) is 12.2 Å². The average molecular weight is 322 g/mol. The number of benzene rings is 1. The highest BCUT2D eigenvalue weighted by atomic mass is 35.7. The van der Waals surface area contributed by atoms with E-state index in [9.17, 15) is 23.3 Å². The molecule has 9 heteroatoms. The molecule has 7 nitrogen and oxygen atoms in total. The number of nitro benzene ring substituents is 1. The zero-order valence-electron chi connectivity index (χ0n) is 10.5. The number of ether oxygens (including phenoxy) is 1. The van der Waals surface area contributed by atoms with Crippen LogP contribution in [0.5, 0.6) is 0 Å². The number of non-ortho nitro benzene ring substituents is 1. The summed E-state index contributed by atoms with van der Waals surface area (Å²) in [6.07, 6.45) is 1.45. The molecule has 0 amide bonds. The summed E-state index contributed by atoms with van der Waals surface area (Å²) in [5.41, 5.74) is -0.774. The Labute approximate surface area is 120 Å². The summed E-state index contributed by atoms with van der Waals surface area (Å²) in [6, 6.07) is 2.68. The van der Waals surface area contributed by atoms with Crippen LogP contribution in [0.4, 0.5) is 5.69 Å². The van der Waals surface area contributed by atoms with Crippen LogP contribution in [0.25, 0.3) is 0 Å². The van der Waals surface area contributed by atoms with Gasteiger partial charge < -0.3 is 4.74 Å². The second-order valence-corrected chi connectivity index (χ2v) is 6.47. The first-order valence-electron chi connectivity index (χ1n) is 5.67. The fourth-order valence-electron chi connectivity index (χ4n) is 1.34. The number of carbonyl (C=O) groups excluding carboxylic acids is 1. The van der Waals surface area contributed by atoms with Crippen molar-refractivity contribution in [3.05, 3.63) is 33.9 Å². The minimum absolute atomic E-state index is 0.154. The lowest BCUT2D eigenvalue weighted by atomic mass is 10.2. The molecule has 0 aliphatic rings. The molecule has 0 spiro atoms. The number of hydrogen-bond donors (Lipinski definition) is 0. The molecule has 0 aliphatic carbocycles. The van der Waals surface area contributed by atoms with Crippen molar-refractivity contribution in [3.8, 4) is 0 Å². The number of unbranched alkanes of at least 4 members (excludes halogenated alkanes) is 1. The minimum Gasteiger partial charge on any atom is -0.462 e. The topological polar surface area (TPSA) is 104 Å². The fourth-order valence-corrected chi connectivity index (χ4v) is 2.14. The van der Waals surface area contributed by atoms with Crippen LogP contribution in [-0.4, -0.2) is 25.9 Å². The van der Waals surface area contributed by atoms with Crippen molar-refractivity contribution in [1.82, 2.24) is 0 Å². The van der Waals surface area contributed by atoms with Crippen LogP contribution in [-0.2, 0) is 13.8 Å². The highest BCUT2D eigenvalue weighted by Gasteiger charge is 2.20. The van der Waals surface area contributed by atoms with Crippen molar-refractivity contribution in [2.45, 2.75) is 24.7 Å². The van der Waals surface area contributed by atoms with Crippen LogP contribution < -0.4 is 0 Å². The summed E-state index contributed by atoms with van der Waals surface area (Å²) < 4.78 is 27.3. The Balaban J connectivity index is 3.16. The summed E-state index contributed by atoms with van der Waals surface area (Å²) in [5.74, 6) is -0.830. The lowest BCUT2D eigenvalue weighted by molar-refractivity contribution is -0.385. The summed E-state index contributed by atoms with van der Waals surface area (Å²) in [5, 5.41) is 10.7. The predicted molar refractivity (Wildman–Crippen MR) is 71.3 cm³/mol. The van der Waals surface area contributed by atoms with Gasteiger partial charge >= 0.3 is 5.97 Å². The fraction of sp³-hybridized carbons (Fsp3) is 0.364. The number of nitro groups is 1. The van der Waals surface area contributed by atoms with E-state index in [1.165, 1.54) is 0 Å². The second-order valence-electron chi connectivity index (χ2n) is 3.90. The van der Waals surface area contributed by atoms with Crippen molar-refractivity contribution in [2.75, 3.05) is 6.61 Å². The SMILES string of the molecule is CCCCOC(=O)c1cc([N+](=O)[O-])cc(S(=O)(=O)Cl)c1. The molecule has 0 aliphatic heterocycles. The highest BCUT2D eigenvalue weighted by molar-refractivity contribution is 8.13. The van der Waals surface area contributed by atoms with Crippen LogP contribution in [0.3, 0.4) is 0 Å².